The van der Waals surface area contributed by atoms with Crippen molar-refractivity contribution < 1.29 is 5.11 Å². The average molecular weight is 317 g/mol. The van der Waals surface area contributed by atoms with Crippen molar-refractivity contribution in [1.82, 2.24) is 34.9 Å². The first-order valence-corrected chi connectivity index (χ1v) is 8.40. The number of hydrogen-bond acceptors (Lipinski definition) is 6. The monoisotopic (exact) mass is 317 g/mol. The molecule has 3 heterocycles. The fourth-order valence-corrected chi connectivity index (χ4v) is 3.23. The van der Waals surface area contributed by atoms with Gasteiger partial charge in [-0.1, -0.05) is 0 Å². The maximum absolute atomic E-state index is 10.2. The highest BCUT2D eigenvalue weighted by Gasteiger charge is 2.33. The minimum absolute atomic E-state index is 0.371. The number of aliphatic hydroxyl groups is 1. The molecule has 1 aliphatic carbocycles. The molecule has 1 saturated carbocycles. The van der Waals surface area contributed by atoms with Crippen molar-refractivity contribution in [2.45, 2.75) is 51.9 Å². The summed E-state index contributed by atoms with van der Waals surface area (Å²) in [5.74, 6) is 1.29. The third-order valence-electron chi connectivity index (χ3n) is 4.82. The first-order chi connectivity index (χ1) is 11.2. The molecular weight excluding hydrogens is 294 g/mol. The van der Waals surface area contributed by atoms with Crippen molar-refractivity contribution in [1.29, 1.82) is 0 Å². The van der Waals surface area contributed by atoms with Crippen LogP contribution in [0.3, 0.4) is 0 Å². The number of hydrogen-bond donors (Lipinski definition) is 1. The summed E-state index contributed by atoms with van der Waals surface area (Å²) in [5.41, 5.74) is 2.07. The number of rotatable bonds is 6. The van der Waals surface area contributed by atoms with Gasteiger partial charge in [0.1, 0.15) is 11.9 Å². The smallest absolute Gasteiger partial charge is 0.148 e. The van der Waals surface area contributed by atoms with Gasteiger partial charge in [-0.15, -0.1) is 5.10 Å². The van der Waals surface area contributed by atoms with E-state index >= 15 is 0 Å². The van der Waals surface area contributed by atoms with E-state index in [1.165, 1.54) is 5.69 Å². The highest BCUT2D eigenvalue weighted by molar-refractivity contribution is 5.16. The second-order valence-electron chi connectivity index (χ2n) is 6.64. The largest absolute Gasteiger partial charge is 0.386 e. The zero-order valence-electron chi connectivity index (χ0n) is 13.5. The zero-order valence-corrected chi connectivity index (χ0v) is 13.5. The molecule has 1 aliphatic heterocycles. The van der Waals surface area contributed by atoms with Crippen LogP contribution in [0, 0.1) is 12.8 Å². The van der Waals surface area contributed by atoms with Gasteiger partial charge in [0.25, 0.3) is 0 Å². The lowest BCUT2D eigenvalue weighted by Crippen LogP contribution is -2.34. The van der Waals surface area contributed by atoms with Crippen LogP contribution in [0.25, 0.3) is 0 Å². The SMILES string of the molecule is Cc1nnnn1CCCN1CCn2nc(C(O)C3CC3)cc2C1. The van der Waals surface area contributed by atoms with Crippen molar-refractivity contribution in [3.63, 3.8) is 0 Å². The summed E-state index contributed by atoms with van der Waals surface area (Å²) < 4.78 is 3.90. The van der Waals surface area contributed by atoms with Crippen LogP contribution in [0.15, 0.2) is 6.07 Å². The second kappa shape index (κ2) is 6.01. The van der Waals surface area contributed by atoms with Gasteiger partial charge >= 0.3 is 0 Å². The van der Waals surface area contributed by atoms with Gasteiger partial charge in [0.05, 0.1) is 17.9 Å². The van der Waals surface area contributed by atoms with Crippen LogP contribution < -0.4 is 0 Å². The lowest BCUT2D eigenvalue weighted by Gasteiger charge is -2.27. The number of aliphatic hydroxyl groups excluding tert-OH is 1. The summed E-state index contributed by atoms with van der Waals surface area (Å²) in [4.78, 5) is 2.43. The Morgan fingerprint density at radius 1 is 1.30 bits per heavy atom. The molecule has 2 aliphatic rings. The van der Waals surface area contributed by atoms with Crippen LogP contribution in [0.1, 0.15) is 42.6 Å². The molecule has 0 radical (unpaired) electrons. The lowest BCUT2D eigenvalue weighted by atomic mass is 10.1. The number of aromatic nitrogens is 6. The van der Waals surface area contributed by atoms with E-state index in [0.717, 1.165) is 63.5 Å². The first kappa shape index (κ1) is 14.8. The number of fused-ring (bicyclic) bond motifs is 1. The summed E-state index contributed by atoms with van der Waals surface area (Å²) in [5, 5.41) is 26.4. The van der Waals surface area contributed by atoms with E-state index in [-0.39, 0.29) is 6.10 Å². The molecule has 23 heavy (non-hydrogen) atoms. The predicted octanol–water partition coefficient (Wildman–Crippen LogP) is 0.527. The third kappa shape index (κ3) is 3.13. The molecule has 1 fully saturated rings. The summed E-state index contributed by atoms with van der Waals surface area (Å²) in [7, 11) is 0. The number of tetrazole rings is 1. The van der Waals surface area contributed by atoms with Crippen molar-refractivity contribution in [3.05, 3.63) is 23.3 Å². The van der Waals surface area contributed by atoms with E-state index in [0.29, 0.717) is 5.92 Å². The van der Waals surface area contributed by atoms with Crippen LogP contribution in [-0.2, 0) is 19.6 Å². The van der Waals surface area contributed by atoms with Crippen molar-refractivity contribution in [2.75, 3.05) is 13.1 Å². The highest BCUT2D eigenvalue weighted by Crippen LogP contribution is 2.40. The van der Waals surface area contributed by atoms with Gasteiger partial charge in [0.2, 0.25) is 0 Å². The Morgan fingerprint density at radius 3 is 2.91 bits per heavy atom. The van der Waals surface area contributed by atoms with E-state index in [1.807, 2.05) is 11.6 Å². The Bertz CT molecular complexity index is 675. The van der Waals surface area contributed by atoms with Gasteiger partial charge in [-0.05, 0) is 48.6 Å². The van der Waals surface area contributed by atoms with E-state index < -0.39 is 0 Å². The van der Waals surface area contributed by atoms with Crippen LogP contribution in [0.2, 0.25) is 0 Å². The zero-order chi connectivity index (χ0) is 15.8. The molecule has 4 rings (SSSR count). The van der Waals surface area contributed by atoms with Gasteiger partial charge in [-0.3, -0.25) is 9.58 Å². The third-order valence-corrected chi connectivity index (χ3v) is 4.82. The van der Waals surface area contributed by atoms with Crippen LogP contribution in [0.4, 0.5) is 0 Å². The molecule has 8 heteroatoms. The van der Waals surface area contributed by atoms with Crippen LogP contribution in [0.5, 0.6) is 0 Å². The minimum atomic E-state index is -0.371. The van der Waals surface area contributed by atoms with Gasteiger partial charge in [0.15, 0.2) is 0 Å². The fourth-order valence-electron chi connectivity index (χ4n) is 3.23. The predicted molar refractivity (Wildman–Crippen MR) is 82.4 cm³/mol. The standard InChI is InChI=1S/C15H23N7O/c1-11-16-18-19-21(11)6-2-5-20-7-8-22-13(10-20)9-14(17-22)15(23)12-3-4-12/h9,12,15,23H,2-8,10H2,1H3. The molecule has 0 saturated heterocycles. The lowest BCUT2D eigenvalue weighted by molar-refractivity contribution is 0.147. The molecule has 1 unspecified atom stereocenters. The Morgan fingerprint density at radius 2 is 2.17 bits per heavy atom. The average Bonchev–Trinajstić information content (AvgIpc) is 3.19. The summed E-state index contributed by atoms with van der Waals surface area (Å²) >= 11 is 0. The number of nitrogens with zero attached hydrogens (tertiary/aromatic N) is 7. The Kier molecular flexibility index (Phi) is 3.86. The molecule has 124 valence electrons. The first-order valence-electron chi connectivity index (χ1n) is 8.40. The van der Waals surface area contributed by atoms with Crippen LogP contribution >= 0.6 is 0 Å². The van der Waals surface area contributed by atoms with E-state index in [1.54, 1.807) is 0 Å². The quantitative estimate of drug-likeness (QED) is 0.836. The van der Waals surface area contributed by atoms with Gasteiger partial charge in [0, 0.05) is 26.2 Å². The molecule has 0 aromatic carbocycles. The highest BCUT2D eigenvalue weighted by atomic mass is 16.3. The molecule has 0 amide bonds. The maximum atomic E-state index is 10.2. The molecule has 0 bridgehead atoms. The van der Waals surface area contributed by atoms with E-state index in [4.69, 9.17) is 0 Å². The number of aryl methyl sites for hydroxylation is 2. The molecule has 1 atom stereocenters. The van der Waals surface area contributed by atoms with Crippen molar-refractivity contribution >= 4 is 0 Å². The van der Waals surface area contributed by atoms with Gasteiger partial charge < -0.3 is 5.11 Å². The van der Waals surface area contributed by atoms with Crippen molar-refractivity contribution in [3.8, 4) is 0 Å². The Hall–Kier alpha value is -1.80. The molecule has 0 spiro atoms. The minimum Gasteiger partial charge on any atom is -0.386 e. The van der Waals surface area contributed by atoms with E-state index in [2.05, 4.69) is 36.3 Å². The summed E-state index contributed by atoms with van der Waals surface area (Å²) in [6.45, 7) is 6.59. The molecular formula is C15H23N7O. The Labute approximate surface area is 135 Å². The maximum Gasteiger partial charge on any atom is 0.148 e. The second-order valence-corrected chi connectivity index (χ2v) is 6.64. The molecule has 2 aromatic heterocycles. The molecule has 1 N–H and O–H groups in total. The fraction of sp³-hybridized carbons (Fsp3) is 0.733. The summed E-state index contributed by atoms with van der Waals surface area (Å²) in [6, 6.07) is 2.08. The Balaban J connectivity index is 1.32. The molecule has 2 aromatic rings. The topological polar surface area (TPSA) is 84.9 Å². The van der Waals surface area contributed by atoms with Crippen molar-refractivity contribution in [2.24, 2.45) is 5.92 Å². The van der Waals surface area contributed by atoms with Crippen LogP contribution in [-0.4, -0.2) is 53.1 Å². The van der Waals surface area contributed by atoms with Gasteiger partial charge in [-0.2, -0.15) is 5.10 Å². The van der Waals surface area contributed by atoms with Gasteiger partial charge in [-0.25, -0.2) is 4.68 Å². The summed E-state index contributed by atoms with van der Waals surface area (Å²) in [6.07, 6.45) is 2.92. The molecule has 8 nitrogen and oxygen atoms in total. The normalized spacial score (nSPS) is 19.7. The van der Waals surface area contributed by atoms with E-state index in [9.17, 15) is 5.11 Å².